The second-order valence-electron chi connectivity index (χ2n) is 6.75. The number of carbonyl (C=O) groups is 1. The fraction of sp³-hybridized carbons (Fsp3) is 0.174. The lowest BCUT2D eigenvalue weighted by atomic mass is 9.81. The van der Waals surface area contributed by atoms with E-state index in [-0.39, 0.29) is 11.8 Å². The summed E-state index contributed by atoms with van der Waals surface area (Å²) in [6, 6.07) is 20.3. The highest BCUT2D eigenvalue weighted by Crippen LogP contribution is 2.44. The van der Waals surface area contributed by atoms with Gasteiger partial charge in [0.1, 0.15) is 5.75 Å². The summed E-state index contributed by atoms with van der Waals surface area (Å²) in [5.41, 5.74) is 3.13. The Morgan fingerprint density at radius 2 is 2.00 bits per heavy atom. The minimum absolute atomic E-state index is 0.0338. The van der Waals surface area contributed by atoms with Crippen LogP contribution in [0, 0.1) is 0 Å². The summed E-state index contributed by atoms with van der Waals surface area (Å²) in [5.74, 6) is 0.805. The van der Waals surface area contributed by atoms with Crippen molar-refractivity contribution >= 4 is 34.0 Å². The Labute approximate surface area is 163 Å². The van der Waals surface area contributed by atoms with Crippen molar-refractivity contribution in [3.63, 3.8) is 0 Å². The van der Waals surface area contributed by atoms with Gasteiger partial charge in [0.25, 0.3) is 0 Å². The van der Waals surface area contributed by atoms with Gasteiger partial charge in [0, 0.05) is 23.1 Å². The Hall–Kier alpha value is -2.78. The first-order valence-corrected chi connectivity index (χ1v) is 9.25. The molecular weight excluding hydrogens is 358 g/mol. The van der Waals surface area contributed by atoms with Crippen LogP contribution in [0.1, 0.15) is 23.5 Å². The zero-order valence-electron chi connectivity index (χ0n) is 15.1. The minimum atomic E-state index is -0.0338. The highest BCUT2D eigenvalue weighted by Gasteiger charge is 2.33. The standard InChI is InChI=1S/C23H20ClNO2/c1-15(24)14-25-21-11-10-16-6-3-4-9-19(16)23(21)20(13-22(25)26)17-7-5-8-18(12-17)27-2/h3-12,20H,1,13-14H2,2H3. The summed E-state index contributed by atoms with van der Waals surface area (Å²) < 4.78 is 5.40. The molecule has 0 radical (unpaired) electrons. The summed E-state index contributed by atoms with van der Waals surface area (Å²) in [7, 11) is 1.66. The van der Waals surface area contributed by atoms with Crippen molar-refractivity contribution in [2.24, 2.45) is 0 Å². The number of hydrogen-bond donors (Lipinski definition) is 0. The number of hydrogen-bond acceptors (Lipinski definition) is 2. The Kier molecular flexibility index (Phi) is 4.63. The van der Waals surface area contributed by atoms with Gasteiger partial charge in [-0.25, -0.2) is 0 Å². The van der Waals surface area contributed by atoms with Gasteiger partial charge < -0.3 is 9.64 Å². The molecule has 0 bridgehead atoms. The number of halogens is 1. The van der Waals surface area contributed by atoms with Gasteiger partial charge in [0.2, 0.25) is 5.91 Å². The Morgan fingerprint density at radius 1 is 1.19 bits per heavy atom. The molecule has 3 nitrogen and oxygen atoms in total. The normalized spacial score (nSPS) is 16.3. The van der Waals surface area contributed by atoms with E-state index in [4.69, 9.17) is 16.3 Å². The molecule has 0 saturated heterocycles. The number of fused-ring (bicyclic) bond motifs is 3. The summed E-state index contributed by atoms with van der Waals surface area (Å²) in [6.45, 7) is 4.09. The number of rotatable bonds is 4. The number of anilines is 1. The van der Waals surface area contributed by atoms with E-state index < -0.39 is 0 Å². The molecule has 0 aromatic heterocycles. The number of nitrogens with zero attached hydrogens (tertiary/aromatic N) is 1. The van der Waals surface area contributed by atoms with Crippen molar-refractivity contribution in [2.45, 2.75) is 12.3 Å². The molecule has 0 spiro atoms. The van der Waals surface area contributed by atoms with E-state index in [9.17, 15) is 4.79 Å². The highest BCUT2D eigenvalue weighted by atomic mass is 35.5. The number of carbonyl (C=O) groups excluding carboxylic acids is 1. The average molecular weight is 378 g/mol. The largest absolute Gasteiger partial charge is 0.497 e. The quantitative estimate of drug-likeness (QED) is 0.603. The van der Waals surface area contributed by atoms with Crippen molar-refractivity contribution in [3.05, 3.63) is 83.4 Å². The fourth-order valence-corrected chi connectivity index (χ4v) is 4.01. The van der Waals surface area contributed by atoms with E-state index >= 15 is 0 Å². The molecule has 0 saturated carbocycles. The lowest BCUT2D eigenvalue weighted by Crippen LogP contribution is -2.37. The molecule has 1 amide bonds. The van der Waals surface area contributed by atoms with Gasteiger partial charge in [0.15, 0.2) is 0 Å². The topological polar surface area (TPSA) is 29.5 Å². The van der Waals surface area contributed by atoms with Crippen LogP contribution in [0.25, 0.3) is 10.8 Å². The van der Waals surface area contributed by atoms with E-state index in [1.54, 1.807) is 12.0 Å². The van der Waals surface area contributed by atoms with Crippen LogP contribution in [0.3, 0.4) is 0 Å². The van der Waals surface area contributed by atoms with Crippen molar-refractivity contribution in [1.29, 1.82) is 0 Å². The van der Waals surface area contributed by atoms with Gasteiger partial charge in [-0.3, -0.25) is 4.79 Å². The van der Waals surface area contributed by atoms with Gasteiger partial charge in [-0.2, -0.15) is 0 Å². The minimum Gasteiger partial charge on any atom is -0.497 e. The molecule has 0 aliphatic carbocycles. The summed E-state index contributed by atoms with van der Waals surface area (Å²) in [6.07, 6.45) is 0.387. The summed E-state index contributed by atoms with van der Waals surface area (Å²) >= 11 is 6.05. The van der Waals surface area contributed by atoms with E-state index in [1.807, 2.05) is 36.4 Å². The van der Waals surface area contributed by atoms with Crippen LogP contribution in [-0.4, -0.2) is 19.6 Å². The Bertz CT molecular complexity index is 1040. The van der Waals surface area contributed by atoms with Crippen LogP contribution in [0.5, 0.6) is 5.75 Å². The molecule has 1 unspecified atom stereocenters. The third-order valence-corrected chi connectivity index (χ3v) is 5.21. The Morgan fingerprint density at radius 3 is 2.78 bits per heavy atom. The molecule has 1 heterocycles. The molecule has 136 valence electrons. The molecule has 4 heteroatoms. The molecule has 1 atom stereocenters. The molecular formula is C23H20ClNO2. The number of amides is 1. The van der Waals surface area contributed by atoms with Gasteiger partial charge in [-0.1, -0.05) is 60.6 Å². The molecule has 3 aromatic carbocycles. The van der Waals surface area contributed by atoms with Gasteiger partial charge >= 0.3 is 0 Å². The Balaban J connectivity index is 1.95. The molecule has 0 N–H and O–H groups in total. The molecule has 3 aromatic rings. The van der Waals surface area contributed by atoms with E-state index in [0.29, 0.717) is 18.0 Å². The van der Waals surface area contributed by atoms with E-state index in [1.165, 1.54) is 0 Å². The molecule has 0 fully saturated rings. The average Bonchev–Trinajstić information content (AvgIpc) is 2.69. The van der Waals surface area contributed by atoms with Crippen LogP contribution in [0.4, 0.5) is 5.69 Å². The second-order valence-corrected chi connectivity index (χ2v) is 7.28. The smallest absolute Gasteiger partial charge is 0.228 e. The van der Waals surface area contributed by atoms with Gasteiger partial charge in [-0.05, 0) is 40.1 Å². The van der Waals surface area contributed by atoms with Crippen molar-refractivity contribution in [1.82, 2.24) is 0 Å². The molecule has 27 heavy (non-hydrogen) atoms. The first-order valence-electron chi connectivity index (χ1n) is 8.87. The lowest BCUT2D eigenvalue weighted by Gasteiger charge is -2.35. The first kappa shape index (κ1) is 17.6. The van der Waals surface area contributed by atoms with Crippen molar-refractivity contribution in [2.75, 3.05) is 18.6 Å². The highest BCUT2D eigenvalue weighted by molar-refractivity contribution is 6.30. The number of benzene rings is 3. The maximum Gasteiger partial charge on any atom is 0.228 e. The molecule has 4 rings (SSSR count). The first-order chi connectivity index (χ1) is 13.1. The SMILES string of the molecule is C=C(Cl)CN1C(=O)CC(c2cccc(OC)c2)c2c1ccc1ccccc21. The van der Waals surface area contributed by atoms with Crippen molar-refractivity contribution in [3.8, 4) is 5.75 Å². The lowest BCUT2D eigenvalue weighted by molar-refractivity contribution is -0.119. The maximum atomic E-state index is 13.0. The summed E-state index contributed by atoms with van der Waals surface area (Å²) in [4.78, 5) is 14.7. The van der Waals surface area contributed by atoms with Crippen LogP contribution < -0.4 is 9.64 Å². The predicted octanol–water partition coefficient (Wildman–Crippen LogP) is 5.47. The zero-order valence-corrected chi connectivity index (χ0v) is 15.9. The third-order valence-electron chi connectivity index (χ3n) is 5.09. The van der Waals surface area contributed by atoms with Crippen LogP contribution in [0.15, 0.2) is 72.3 Å². The van der Waals surface area contributed by atoms with Crippen LogP contribution in [0.2, 0.25) is 0 Å². The monoisotopic (exact) mass is 377 g/mol. The van der Waals surface area contributed by atoms with Gasteiger partial charge in [0.05, 0.1) is 13.7 Å². The van der Waals surface area contributed by atoms with E-state index in [0.717, 1.165) is 33.3 Å². The zero-order chi connectivity index (χ0) is 19.0. The van der Waals surface area contributed by atoms with Crippen LogP contribution >= 0.6 is 11.6 Å². The molecule has 1 aliphatic heterocycles. The van der Waals surface area contributed by atoms with Crippen LogP contribution in [-0.2, 0) is 4.79 Å². The second kappa shape index (κ2) is 7.09. The third kappa shape index (κ3) is 3.19. The molecule has 1 aliphatic rings. The van der Waals surface area contributed by atoms with Crippen molar-refractivity contribution < 1.29 is 9.53 Å². The number of methoxy groups -OCH3 is 1. The maximum absolute atomic E-state index is 13.0. The fourth-order valence-electron chi connectivity index (χ4n) is 3.89. The number of ether oxygens (including phenoxy) is 1. The van der Waals surface area contributed by atoms with Gasteiger partial charge in [-0.15, -0.1) is 0 Å². The summed E-state index contributed by atoms with van der Waals surface area (Å²) in [5, 5.41) is 2.76. The predicted molar refractivity (Wildman–Crippen MR) is 111 cm³/mol. The van der Waals surface area contributed by atoms with E-state index in [2.05, 4.69) is 30.8 Å².